The molecule has 0 rings (SSSR count). The average molecular weight is 256 g/mol. The zero-order valence-corrected chi connectivity index (χ0v) is 12.4. The van der Waals surface area contributed by atoms with Crippen molar-refractivity contribution in [1.82, 2.24) is 5.32 Å². The van der Waals surface area contributed by atoms with E-state index < -0.39 is 5.60 Å². The van der Waals surface area contributed by atoms with Crippen LogP contribution in [0.1, 0.15) is 72.1 Å². The van der Waals surface area contributed by atoms with Crippen LogP contribution < -0.4 is 5.32 Å². The van der Waals surface area contributed by atoms with Crippen molar-refractivity contribution in [3.05, 3.63) is 6.92 Å². The van der Waals surface area contributed by atoms with Gasteiger partial charge in [-0.05, 0) is 27.2 Å². The van der Waals surface area contributed by atoms with Gasteiger partial charge in [0, 0.05) is 6.54 Å². The minimum Gasteiger partial charge on any atom is -0.444 e. The largest absolute Gasteiger partial charge is 0.444 e. The molecule has 18 heavy (non-hydrogen) atoms. The number of amides is 1. The molecule has 0 aliphatic heterocycles. The molecule has 0 aromatic rings. The maximum absolute atomic E-state index is 11.3. The second-order valence-corrected chi connectivity index (χ2v) is 5.76. The van der Waals surface area contributed by atoms with Crippen LogP contribution in [0.4, 0.5) is 4.79 Å². The number of unbranched alkanes of at least 4 members (excludes halogenated alkanes) is 7. The van der Waals surface area contributed by atoms with Crippen LogP contribution in [0.3, 0.4) is 0 Å². The van der Waals surface area contributed by atoms with Crippen molar-refractivity contribution in [3.8, 4) is 0 Å². The van der Waals surface area contributed by atoms with Gasteiger partial charge >= 0.3 is 6.09 Å². The van der Waals surface area contributed by atoms with Crippen LogP contribution in [0, 0.1) is 6.92 Å². The third-order valence-corrected chi connectivity index (χ3v) is 2.59. The van der Waals surface area contributed by atoms with Gasteiger partial charge in [-0.3, -0.25) is 0 Å². The number of alkyl carbamates (subject to hydrolysis) is 1. The smallest absolute Gasteiger partial charge is 0.407 e. The van der Waals surface area contributed by atoms with E-state index in [9.17, 15) is 4.79 Å². The first-order chi connectivity index (χ1) is 8.45. The molecule has 3 heteroatoms. The van der Waals surface area contributed by atoms with Crippen LogP contribution in [0.25, 0.3) is 0 Å². The fourth-order valence-corrected chi connectivity index (χ4v) is 1.69. The number of ether oxygens (including phenoxy) is 1. The fourth-order valence-electron chi connectivity index (χ4n) is 1.69. The Morgan fingerprint density at radius 1 is 1.00 bits per heavy atom. The predicted molar refractivity (Wildman–Crippen MR) is 76.5 cm³/mol. The lowest BCUT2D eigenvalue weighted by atomic mass is 10.1. The van der Waals surface area contributed by atoms with Crippen LogP contribution in [-0.4, -0.2) is 18.2 Å². The number of rotatable bonds is 9. The van der Waals surface area contributed by atoms with Crippen molar-refractivity contribution in [2.75, 3.05) is 6.54 Å². The lowest BCUT2D eigenvalue weighted by molar-refractivity contribution is 0.0527. The van der Waals surface area contributed by atoms with Crippen molar-refractivity contribution in [1.29, 1.82) is 0 Å². The minimum absolute atomic E-state index is 0.307. The van der Waals surface area contributed by atoms with Gasteiger partial charge in [0.05, 0.1) is 0 Å². The van der Waals surface area contributed by atoms with Gasteiger partial charge in [-0.15, -0.1) is 0 Å². The zero-order valence-electron chi connectivity index (χ0n) is 12.4. The molecule has 0 atom stereocenters. The molecule has 0 aliphatic carbocycles. The highest BCUT2D eigenvalue weighted by Crippen LogP contribution is 2.08. The standard InChI is InChI=1S/C15H30NO2/c1-5-6-7-8-9-10-11-12-13-16-14(17)18-15(2,3)4/h1,5-13H2,2-4H3,(H,16,17). The highest BCUT2D eigenvalue weighted by atomic mass is 16.6. The molecular weight excluding hydrogens is 226 g/mol. The van der Waals surface area contributed by atoms with Crippen molar-refractivity contribution in [3.63, 3.8) is 0 Å². The normalized spacial score (nSPS) is 11.3. The van der Waals surface area contributed by atoms with Crippen LogP contribution in [0.2, 0.25) is 0 Å². The number of hydrogen-bond donors (Lipinski definition) is 1. The van der Waals surface area contributed by atoms with E-state index in [1.807, 2.05) is 20.8 Å². The van der Waals surface area contributed by atoms with E-state index in [1.165, 1.54) is 38.5 Å². The molecule has 0 aromatic carbocycles. The summed E-state index contributed by atoms with van der Waals surface area (Å²) >= 11 is 0. The first-order valence-corrected chi connectivity index (χ1v) is 7.22. The van der Waals surface area contributed by atoms with Crippen LogP contribution in [-0.2, 0) is 4.74 Å². The quantitative estimate of drug-likeness (QED) is 0.618. The van der Waals surface area contributed by atoms with Gasteiger partial charge in [0.2, 0.25) is 0 Å². The Bertz CT molecular complexity index is 209. The molecule has 0 heterocycles. The molecule has 0 aromatic heterocycles. The second kappa shape index (κ2) is 10.2. The Labute approximate surface area is 113 Å². The molecule has 0 saturated carbocycles. The van der Waals surface area contributed by atoms with Crippen LogP contribution in [0.15, 0.2) is 0 Å². The summed E-state index contributed by atoms with van der Waals surface area (Å²) in [6.45, 7) is 10.2. The molecule has 0 spiro atoms. The first kappa shape index (κ1) is 17.3. The minimum atomic E-state index is -0.405. The first-order valence-electron chi connectivity index (χ1n) is 7.22. The molecule has 1 radical (unpaired) electrons. The number of hydrogen-bond acceptors (Lipinski definition) is 2. The lowest BCUT2D eigenvalue weighted by Crippen LogP contribution is -2.32. The Morgan fingerprint density at radius 2 is 1.50 bits per heavy atom. The number of carbonyl (C=O) groups is 1. The van der Waals surface area contributed by atoms with E-state index in [0.717, 1.165) is 12.8 Å². The summed E-state index contributed by atoms with van der Waals surface area (Å²) < 4.78 is 5.15. The highest BCUT2D eigenvalue weighted by molar-refractivity contribution is 5.67. The number of nitrogens with one attached hydrogen (secondary N) is 1. The molecule has 1 N–H and O–H groups in total. The summed E-state index contributed by atoms with van der Waals surface area (Å²) in [5.41, 5.74) is -0.405. The van der Waals surface area contributed by atoms with Crippen molar-refractivity contribution in [2.24, 2.45) is 0 Å². The Morgan fingerprint density at radius 3 is 2.00 bits per heavy atom. The highest BCUT2D eigenvalue weighted by Gasteiger charge is 2.15. The van der Waals surface area contributed by atoms with E-state index in [0.29, 0.717) is 6.54 Å². The van der Waals surface area contributed by atoms with E-state index in [4.69, 9.17) is 4.74 Å². The summed E-state index contributed by atoms with van der Waals surface area (Å²) in [6.07, 6.45) is 9.39. The Balaban J connectivity index is 3.23. The summed E-state index contributed by atoms with van der Waals surface area (Å²) in [5, 5.41) is 2.78. The predicted octanol–water partition coefficient (Wildman–Crippen LogP) is 4.47. The fraction of sp³-hybridized carbons (Fsp3) is 0.867. The van der Waals surface area contributed by atoms with Gasteiger partial charge in [0.15, 0.2) is 0 Å². The Hall–Kier alpha value is -0.730. The van der Waals surface area contributed by atoms with Crippen molar-refractivity contribution >= 4 is 6.09 Å². The Kier molecular flexibility index (Phi) is 9.80. The van der Waals surface area contributed by atoms with Gasteiger partial charge in [-0.1, -0.05) is 51.9 Å². The molecule has 0 bridgehead atoms. The second-order valence-electron chi connectivity index (χ2n) is 5.76. The molecule has 3 nitrogen and oxygen atoms in total. The van der Waals surface area contributed by atoms with E-state index in [2.05, 4.69) is 12.2 Å². The van der Waals surface area contributed by atoms with Crippen LogP contribution in [0.5, 0.6) is 0 Å². The third kappa shape index (κ3) is 13.3. The zero-order chi connectivity index (χ0) is 13.9. The molecule has 107 valence electrons. The van der Waals surface area contributed by atoms with Gasteiger partial charge in [-0.25, -0.2) is 4.79 Å². The maximum atomic E-state index is 11.3. The molecule has 0 aliphatic rings. The summed E-state index contributed by atoms with van der Waals surface area (Å²) in [6, 6.07) is 0. The third-order valence-electron chi connectivity index (χ3n) is 2.59. The SMILES string of the molecule is [CH2]CCCCCCCCCNC(=O)OC(C)(C)C. The molecule has 0 saturated heterocycles. The average Bonchev–Trinajstić information content (AvgIpc) is 2.24. The van der Waals surface area contributed by atoms with Gasteiger partial charge in [0.1, 0.15) is 5.60 Å². The molecular formula is C15H30NO2. The van der Waals surface area contributed by atoms with E-state index in [-0.39, 0.29) is 6.09 Å². The number of carbonyl (C=O) groups excluding carboxylic acids is 1. The van der Waals surface area contributed by atoms with Gasteiger partial charge in [0.25, 0.3) is 0 Å². The van der Waals surface area contributed by atoms with Gasteiger partial charge < -0.3 is 10.1 Å². The van der Waals surface area contributed by atoms with Crippen molar-refractivity contribution < 1.29 is 9.53 Å². The summed E-state index contributed by atoms with van der Waals surface area (Å²) in [4.78, 5) is 11.3. The van der Waals surface area contributed by atoms with Gasteiger partial charge in [-0.2, -0.15) is 0 Å². The molecule has 0 fully saturated rings. The van der Waals surface area contributed by atoms with E-state index >= 15 is 0 Å². The van der Waals surface area contributed by atoms with Crippen molar-refractivity contribution in [2.45, 2.75) is 77.7 Å². The summed E-state index contributed by atoms with van der Waals surface area (Å²) in [5.74, 6) is 0. The molecule has 1 amide bonds. The lowest BCUT2D eigenvalue weighted by Gasteiger charge is -2.19. The topological polar surface area (TPSA) is 38.3 Å². The molecule has 0 unspecified atom stereocenters. The van der Waals surface area contributed by atoms with E-state index in [1.54, 1.807) is 0 Å². The maximum Gasteiger partial charge on any atom is 0.407 e. The van der Waals surface area contributed by atoms with Crippen LogP contribution >= 0.6 is 0 Å². The summed E-state index contributed by atoms with van der Waals surface area (Å²) in [7, 11) is 0. The monoisotopic (exact) mass is 256 g/mol.